The number of hydrogen-bond donors (Lipinski definition) is 1. The molecular weight excluding hydrogens is 174 g/mol. The average Bonchev–Trinajstić information content (AvgIpc) is 2.17. The van der Waals surface area contributed by atoms with Gasteiger partial charge < -0.3 is 10.1 Å². The lowest BCUT2D eigenvalue weighted by Crippen LogP contribution is -2.29. The number of methoxy groups -OCH3 is 1. The van der Waals surface area contributed by atoms with Crippen LogP contribution in [0.25, 0.3) is 0 Å². The SMILES string of the molecule is CCCNCC(C)C(C)C(C)COC. The zero-order valence-corrected chi connectivity index (χ0v) is 10.5. The lowest BCUT2D eigenvalue weighted by Gasteiger charge is -2.25. The predicted octanol–water partition coefficient (Wildman–Crippen LogP) is 2.54. The maximum Gasteiger partial charge on any atom is 0.0490 e. The fraction of sp³-hybridized carbons (Fsp3) is 1.00. The Balaban J connectivity index is 3.68. The highest BCUT2D eigenvalue weighted by molar-refractivity contribution is 4.69. The predicted molar refractivity (Wildman–Crippen MR) is 62.5 cm³/mol. The van der Waals surface area contributed by atoms with E-state index in [4.69, 9.17) is 4.74 Å². The molecule has 0 aliphatic carbocycles. The van der Waals surface area contributed by atoms with Gasteiger partial charge in [-0.2, -0.15) is 0 Å². The van der Waals surface area contributed by atoms with Gasteiger partial charge in [-0.25, -0.2) is 0 Å². The van der Waals surface area contributed by atoms with E-state index in [0.29, 0.717) is 5.92 Å². The minimum absolute atomic E-state index is 0.651. The summed E-state index contributed by atoms with van der Waals surface area (Å²) in [7, 11) is 1.78. The molecule has 0 amide bonds. The normalized spacial score (nSPS) is 17.8. The standard InChI is InChI=1S/C12H27NO/c1-6-7-13-8-10(2)12(4)11(3)9-14-5/h10-13H,6-9H2,1-5H3. The summed E-state index contributed by atoms with van der Waals surface area (Å²) in [5.41, 5.74) is 0. The molecule has 86 valence electrons. The third kappa shape index (κ3) is 5.61. The van der Waals surface area contributed by atoms with Crippen LogP contribution < -0.4 is 5.32 Å². The van der Waals surface area contributed by atoms with Crippen molar-refractivity contribution < 1.29 is 4.74 Å². The summed E-state index contributed by atoms with van der Waals surface area (Å²) in [5, 5.41) is 3.47. The van der Waals surface area contributed by atoms with Crippen molar-refractivity contribution in [1.82, 2.24) is 5.32 Å². The molecular formula is C12H27NO. The van der Waals surface area contributed by atoms with Crippen molar-refractivity contribution >= 4 is 0 Å². The fourth-order valence-electron chi connectivity index (χ4n) is 1.67. The molecule has 0 rings (SSSR count). The third-order valence-corrected chi connectivity index (χ3v) is 3.12. The molecule has 0 bridgehead atoms. The first kappa shape index (κ1) is 13.9. The third-order valence-electron chi connectivity index (χ3n) is 3.12. The second-order valence-corrected chi connectivity index (χ2v) is 4.47. The van der Waals surface area contributed by atoms with E-state index < -0.39 is 0 Å². The molecule has 3 unspecified atom stereocenters. The highest BCUT2D eigenvalue weighted by Crippen LogP contribution is 2.20. The largest absolute Gasteiger partial charge is 0.384 e. The minimum atomic E-state index is 0.651. The average molecular weight is 201 g/mol. The smallest absolute Gasteiger partial charge is 0.0490 e. The van der Waals surface area contributed by atoms with Gasteiger partial charge in [0.15, 0.2) is 0 Å². The Morgan fingerprint density at radius 2 is 1.79 bits per heavy atom. The van der Waals surface area contributed by atoms with E-state index in [9.17, 15) is 0 Å². The van der Waals surface area contributed by atoms with E-state index in [2.05, 4.69) is 33.0 Å². The van der Waals surface area contributed by atoms with Crippen molar-refractivity contribution in [2.45, 2.75) is 34.1 Å². The van der Waals surface area contributed by atoms with Gasteiger partial charge in [-0.15, -0.1) is 0 Å². The second-order valence-electron chi connectivity index (χ2n) is 4.47. The van der Waals surface area contributed by atoms with E-state index in [1.54, 1.807) is 7.11 Å². The van der Waals surface area contributed by atoms with E-state index in [1.807, 2.05) is 0 Å². The van der Waals surface area contributed by atoms with Crippen LogP contribution in [0.2, 0.25) is 0 Å². The van der Waals surface area contributed by atoms with E-state index in [0.717, 1.165) is 31.5 Å². The van der Waals surface area contributed by atoms with Crippen LogP contribution in [-0.4, -0.2) is 26.8 Å². The van der Waals surface area contributed by atoms with Crippen molar-refractivity contribution in [3.63, 3.8) is 0 Å². The molecule has 0 fully saturated rings. The van der Waals surface area contributed by atoms with Gasteiger partial charge in [-0.05, 0) is 37.3 Å². The molecule has 0 aliphatic heterocycles. The molecule has 0 saturated heterocycles. The van der Waals surface area contributed by atoms with Gasteiger partial charge in [0.05, 0.1) is 0 Å². The van der Waals surface area contributed by atoms with Crippen LogP contribution in [0.4, 0.5) is 0 Å². The minimum Gasteiger partial charge on any atom is -0.384 e. The molecule has 14 heavy (non-hydrogen) atoms. The molecule has 0 aliphatic rings. The van der Waals surface area contributed by atoms with Crippen LogP contribution in [0.5, 0.6) is 0 Å². The summed E-state index contributed by atoms with van der Waals surface area (Å²) in [4.78, 5) is 0. The molecule has 0 heterocycles. The van der Waals surface area contributed by atoms with Crippen LogP contribution in [0.1, 0.15) is 34.1 Å². The highest BCUT2D eigenvalue weighted by atomic mass is 16.5. The molecule has 0 spiro atoms. The Kier molecular flexibility index (Phi) is 8.20. The Bertz CT molecular complexity index is 127. The van der Waals surface area contributed by atoms with Gasteiger partial charge in [0.25, 0.3) is 0 Å². The number of ether oxygens (including phenoxy) is 1. The zero-order chi connectivity index (χ0) is 11.0. The maximum atomic E-state index is 5.18. The molecule has 0 saturated carbocycles. The molecule has 1 N–H and O–H groups in total. The molecule has 2 nitrogen and oxygen atoms in total. The van der Waals surface area contributed by atoms with Gasteiger partial charge >= 0.3 is 0 Å². The summed E-state index contributed by atoms with van der Waals surface area (Å²) in [6.45, 7) is 12.2. The maximum absolute atomic E-state index is 5.18. The van der Waals surface area contributed by atoms with Gasteiger partial charge in [0.1, 0.15) is 0 Å². The van der Waals surface area contributed by atoms with Crippen molar-refractivity contribution in [1.29, 1.82) is 0 Å². The number of nitrogens with one attached hydrogen (secondary N) is 1. The van der Waals surface area contributed by atoms with Gasteiger partial charge in [-0.1, -0.05) is 27.7 Å². The van der Waals surface area contributed by atoms with Crippen molar-refractivity contribution in [3.05, 3.63) is 0 Å². The molecule has 3 atom stereocenters. The van der Waals surface area contributed by atoms with Crippen molar-refractivity contribution in [2.75, 3.05) is 26.8 Å². The van der Waals surface area contributed by atoms with Crippen molar-refractivity contribution in [3.8, 4) is 0 Å². The first-order valence-electron chi connectivity index (χ1n) is 5.83. The fourth-order valence-corrected chi connectivity index (χ4v) is 1.67. The Labute approximate surface area is 89.4 Å². The van der Waals surface area contributed by atoms with Gasteiger partial charge in [-0.3, -0.25) is 0 Å². The lowest BCUT2D eigenvalue weighted by molar-refractivity contribution is 0.116. The quantitative estimate of drug-likeness (QED) is 0.609. The Morgan fingerprint density at radius 3 is 2.29 bits per heavy atom. The Hall–Kier alpha value is -0.0800. The number of hydrogen-bond acceptors (Lipinski definition) is 2. The van der Waals surface area contributed by atoms with E-state index >= 15 is 0 Å². The van der Waals surface area contributed by atoms with E-state index in [1.165, 1.54) is 6.42 Å². The van der Waals surface area contributed by atoms with Crippen molar-refractivity contribution in [2.24, 2.45) is 17.8 Å². The van der Waals surface area contributed by atoms with Gasteiger partial charge in [0, 0.05) is 13.7 Å². The number of rotatable bonds is 8. The molecule has 0 aromatic heterocycles. The molecule has 0 aromatic rings. The summed E-state index contributed by atoms with van der Waals surface area (Å²) >= 11 is 0. The Morgan fingerprint density at radius 1 is 1.14 bits per heavy atom. The van der Waals surface area contributed by atoms with Crippen LogP contribution >= 0.6 is 0 Å². The highest BCUT2D eigenvalue weighted by Gasteiger charge is 2.18. The molecule has 2 heteroatoms. The summed E-state index contributed by atoms with van der Waals surface area (Å²) in [5.74, 6) is 2.10. The van der Waals surface area contributed by atoms with Crippen LogP contribution in [0.15, 0.2) is 0 Å². The molecule has 0 radical (unpaired) electrons. The first-order chi connectivity index (χ1) is 6.63. The van der Waals surface area contributed by atoms with E-state index in [-0.39, 0.29) is 0 Å². The topological polar surface area (TPSA) is 21.3 Å². The first-order valence-corrected chi connectivity index (χ1v) is 5.83. The summed E-state index contributed by atoms with van der Waals surface area (Å²) in [6.07, 6.45) is 1.22. The van der Waals surface area contributed by atoms with Gasteiger partial charge in [0.2, 0.25) is 0 Å². The van der Waals surface area contributed by atoms with Crippen LogP contribution in [0, 0.1) is 17.8 Å². The zero-order valence-electron chi connectivity index (χ0n) is 10.5. The second kappa shape index (κ2) is 8.25. The summed E-state index contributed by atoms with van der Waals surface area (Å²) < 4.78 is 5.18. The van der Waals surface area contributed by atoms with Crippen LogP contribution in [-0.2, 0) is 4.74 Å². The van der Waals surface area contributed by atoms with Crippen LogP contribution in [0.3, 0.4) is 0 Å². The molecule has 0 aromatic carbocycles. The summed E-state index contributed by atoms with van der Waals surface area (Å²) in [6, 6.07) is 0. The lowest BCUT2D eigenvalue weighted by atomic mass is 9.85. The monoisotopic (exact) mass is 201 g/mol.